The van der Waals surface area contributed by atoms with E-state index >= 15 is 0 Å². The molecule has 4 aromatic rings. The molecule has 0 saturated heterocycles. The van der Waals surface area contributed by atoms with Gasteiger partial charge in [0.25, 0.3) is 11.8 Å². The Hall–Kier alpha value is -4.62. The molecule has 1 atom stereocenters. The fourth-order valence-electron chi connectivity index (χ4n) is 3.56. The van der Waals surface area contributed by atoms with Crippen LogP contribution in [0.3, 0.4) is 0 Å². The Kier molecular flexibility index (Phi) is 7.55. The van der Waals surface area contributed by atoms with Crippen molar-refractivity contribution in [2.75, 3.05) is 33.6 Å². The van der Waals surface area contributed by atoms with E-state index in [1.165, 1.54) is 16.2 Å². The van der Waals surface area contributed by atoms with Crippen molar-refractivity contribution in [3.63, 3.8) is 0 Å². The molecule has 0 saturated carbocycles. The van der Waals surface area contributed by atoms with Crippen LogP contribution in [0, 0.1) is 11.3 Å². The van der Waals surface area contributed by atoms with Crippen LogP contribution in [0.15, 0.2) is 60.7 Å². The minimum absolute atomic E-state index is 0.142. The summed E-state index contributed by atoms with van der Waals surface area (Å²) in [6.45, 7) is 0. The van der Waals surface area contributed by atoms with E-state index in [1.807, 2.05) is 0 Å². The number of fused-ring (bicyclic) bond motifs is 1. The molecule has 1 aromatic heterocycles. The summed E-state index contributed by atoms with van der Waals surface area (Å²) in [5, 5.41) is 12.4. The minimum atomic E-state index is -1.04. The zero-order chi connectivity index (χ0) is 26.5. The second kappa shape index (κ2) is 11.0. The lowest BCUT2D eigenvalue weighted by Gasteiger charge is -2.19. The summed E-state index contributed by atoms with van der Waals surface area (Å²) in [6, 6.07) is 18.7. The molecule has 188 valence electrons. The Bertz CT molecular complexity index is 1430. The van der Waals surface area contributed by atoms with Gasteiger partial charge in [-0.2, -0.15) is 5.26 Å². The Morgan fingerprint density at radius 3 is 2.24 bits per heavy atom. The summed E-state index contributed by atoms with van der Waals surface area (Å²) < 4.78 is 17.6. The number of nitrogens with one attached hydrogen (secondary N) is 1. The van der Waals surface area contributed by atoms with Crippen molar-refractivity contribution in [1.82, 2.24) is 9.88 Å². The number of carbonyl (C=O) groups excluding carboxylic acids is 2. The molecule has 0 aliphatic rings. The van der Waals surface area contributed by atoms with Crippen LogP contribution < -0.4 is 19.5 Å². The highest BCUT2D eigenvalue weighted by Crippen LogP contribution is 2.36. The Morgan fingerprint density at radius 2 is 1.65 bits per heavy atom. The molecule has 3 aromatic carbocycles. The van der Waals surface area contributed by atoms with Crippen molar-refractivity contribution in [2.45, 2.75) is 6.10 Å². The van der Waals surface area contributed by atoms with Gasteiger partial charge in [-0.3, -0.25) is 14.9 Å². The van der Waals surface area contributed by atoms with Crippen LogP contribution in [0.2, 0.25) is 0 Å². The maximum atomic E-state index is 13.4. The number of ether oxygens (including phenoxy) is 3. The van der Waals surface area contributed by atoms with Crippen molar-refractivity contribution in [2.24, 2.45) is 0 Å². The third-order valence-electron chi connectivity index (χ3n) is 5.47. The summed E-state index contributed by atoms with van der Waals surface area (Å²) in [5.41, 5.74) is 2.16. The summed E-state index contributed by atoms with van der Waals surface area (Å²) >= 11 is 1.29. The first-order valence-electron chi connectivity index (χ1n) is 11.1. The SMILES string of the molecule is COc1cc2nc(NC(=O)C(Oc3ccc(C(=O)N(C)C)cc3)c3ccc(C#N)cc3)sc2cc1OC. The highest BCUT2D eigenvalue weighted by atomic mass is 32.1. The largest absolute Gasteiger partial charge is 0.493 e. The molecule has 0 bridgehead atoms. The third-order valence-corrected chi connectivity index (χ3v) is 6.40. The topological polar surface area (TPSA) is 114 Å². The van der Waals surface area contributed by atoms with Crippen molar-refractivity contribution < 1.29 is 23.8 Å². The molecule has 1 N–H and O–H groups in total. The summed E-state index contributed by atoms with van der Waals surface area (Å²) in [5.74, 6) is 0.909. The average Bonchev–Trinajstić information content (AvgIpc) is 3.31. The maximum absolute atomic E-state index is 13.4. The van der Waals surface area contributed by atoms with Gasteiger partial charge in [-0.25, -0.2) is 4.98 Å². The van der Waals surface area contributed by atoms with Crippen molar-refractivity contribution >= 4 is 38.5 Å². The molecule has 0 aliphatic heterocycles. The van der Waals surface area contributed by atoms with Gasteiger partial charge in [0.15, 0.2) is 16.6 Å². The summed E-state index contributed by atoms with van der Waals surface area (Å²) in [4.78, 5) is 31.6. The summed E-state index contributed by atoms with van der Waals surface area (Å²) in [7, 11) is 6.44. The van der Waals surface area contributed by atoms with E-state index < -0.39 is 12.0 Å². The van der Waals surface area contributed by atoms with Gasteiger partial charge in [-0.05, 0) is 36.4 Å². The molecule has 9 nitrogen and oxygen atoms in total. The number of hydrogen-bond donors (Lipinski definition) is 1. The minimum Gasteiger partial charge on any atom is -0.493 e. The van der Waals surface area contributed by atoms with Gasteiger partial charge in [-0.15, -0.1) is 0 Å². The Labute approximate surface area is 217 Å². The Balaban J connectivity index is 1.62. The molecular formula is C27H24N4O5S. The molecule has 0 fully saturated rings. The molecule has 10 heteroatoms. The van der Waals surface area contributed by atoms with Crippen molar-refractivity contribution in [3.05, 3.63) is 77.4 Å². The molecule has 1 heterocycles. The van der Waals surface area contributed by atoms with Crippen LogP contribution in [-0.2, 0) is 4.79 Å². The first-order chi connectivity index (χ1) is 17.8. The number of aromatic nitrogens is 1. The molecule has 2 amide bonds. The van der Waals surface area contributed by atoms with E-state index in [4.69, 9.17) is 19.5 Å². The molecule has 0 aliphatic carbocycles. The van der Waals surface area contributed by atoms with Gasteiger partial charge in [-0.1, -0.05) is 23.5 Å². The number of thiazole rings is 1. The van der Waals surface area contributed by atoms with Gasteiger partial charge < -0.3 is 19.1 Å². The predicted molar refractivity (Wildman–Crippen MR) is 140 cm³/mol. The molecule has 0 spiro atoms. The van der Waals surface area contributed by atoms with Gasteiger partial charge >= 0.3 is 0 Å². The normalized spacial score (nSPS) is 11.3. The monoisotopic (exact) mass is 516 g/mol. The van der Waals surface area contributed by atoms with Gasteiger partial charge in [0.1, 0.15) is 5.75 Å². The second-order valence-corrected chi connectivity index (χ2v) is 9.17. The molecule has 0 radical (unpaired) electrons. The van der Waals surface area contributed by atoms with Crippen LogP contribution in [0.25, 0.3) is 10.2 Å². The van der Waals surface area contributed by atoms with Crippen molar-refractivity contribution in [3.8, 4) is 23.3 Å². The number of benzene rings is 3. The first-order valence-corrected chi connectivity index (χ1v) is 12.0. The fourth-order valence-corrected chi connectivity index (χ4v) is 4.43. The lowest BCUT2D eigenvalue weighted by atomic mass is 10.1. The van der Waals surface area contributed by atoms with E-state index in [-0.39, 0.29) is 5.91 Å². The van der Waals surface area contributed by atoms with Crippen LogP contribution in [-0.4, -0.2) is 50.0 Å². The fraction of sp³-hybridized carbons (Fsp3) is 0.185. The number of nitrogens with zero attached hydrogens (tertiary/aromatic N) is 3. The molecular weight excluding hydrogens is 492 g/mol. The van der Waals surface area contributed by atoms with E-state index in [9.17, 15) is 9.59 Å². The van der Waals surface area contributed by atoms with E-state index in [0.29, 0.717) is 44.6 Å². The highest BCUT2D eigenvalue weighted by Gasteiger charge is 2.25. The molecule has 4 rings (SSSR count). The number of anilines is 1. The summed E-state index contributed by atoms with van der Waals surface area (Å²) in [6.07, 6.45) is -1.04. The zero-order valence-corrected chi connectivity index (χ0v) is 21.5. The standard InChI is InChI=1S/C27H24N4O5S/c1-31(2)26(33)18-9-11-19(12-10-18)36-24(17-7-5-16(15-28)6-8-17)25(32)30-27-29-20-13-21(34-3)22(35-4)14-23(20)37-27/h5-14,24H,1-4H3,(H,29,30,32). The predicted octanol–water partition coefficient (Wildman–Crippen LogP) is 4.65. The van der Waals surface area contributed by atoms with Crippen LogP contribution >= 0.6 is 11.3 Å². The number of nitriles is 1. The smallest absolute Gasteiger partial charge is 0.271 e. The van der Waals surface area contributed by atoms with Crippen LogP contribution in [0.4, 0.5) is 5.13 Å². The third kappa shape index (κ3) is 5.63. The first kappa shape index (κ1) is 25.5. The van der Waals surface area contributed by atoms with Gasteiger partial charge in [0.2, 0.25) is 6.10 Å². The van der Waals surface area contributed by atoms with E-state index in [0.717, 1.165) is 4.70 Å². The van der Waals surface area contributed by atoms with Gasteiger partial charge in [0, 0.05) is 37.4 Å². The second-order valence-electron chi connectivity index (χ2n) is 8.14. The zero-order valence-electron chi connectivity index (χ0n) is 20.6. The lowest BCUT2D eigenvalue weighted by molar-refractivity contribution is -0.123. The van der Waals surface area contributed by atoms with E-state index in [2.05, 4.69) is 16.4 Å². The number of amides is 2. The average molecular weight is 517 g/mol. The number of rotatable bonds is 8. The van der Waals surface area contributed by atoms with Crippen molar-refractivity contribution in [1.29, 1.82) is 5.26 Å². The van der Waals surface area contributed by atoms with E-state index in [1.54, 1.807) is 89.0 Å². The maximum Gasteiger partial charge on any atom is 0.271 e. The number of methoxy groups -OCH3 is 2. The quantitative estimate of drug-likeness (QED) is 0.363. The van der Waals surface area contributed by atoms with Gasteiger partial charge in [0.05, 0.1) is 36.1 Å². The highest BCUT2D eigenvalue weighted by molar-refractivity contribution is 7.22. The lowest BCUT2D eigenvalue weighted by Crippen LogP contribution is -2.26. The van der Waals surface area contributed by atoms with Crippen LogP contribution in [0.1, 0.15) is 27.6 Å². The number of hydrogen-bond acceptors (Lipinski definition) is 8. The molecule has 1 unspecified atom stereocenters. The number of carbonyl (C=O) groups is 2. The Morgan fingerprint density at radius 1 is 1.00 bits per heavy atom. The molecule has 37 heavy (non-hydrogen) atoms. The van der Waals surface area contributed by atoms with Crippen LogP contribution in [0.5, 0.6) is 17.2 Å².